The van der Waals surface area contributed by atoms with Gasteiger partial charge in [0.1, 0.15) is 0 Å². The lowest BCUT2D eigenvalue weighted by molar-refractivity contribution is -0.120. The second-order valence-electron chi connectivity index (χ2n) is 9.51. The highest BCUT2D eigenvalue weighted by molar-refractivity contribution is 7.90. The third-order valence-electron chi connectivity index (χ3n) is 6.57. The van der Waals surface area contributed by atoms with Crippen LogP contribution in [0.25, 0.3) is 0 Å². The smallest absolute Gasteiger partial charge is 0.227 e. The number of nitrogens with one attached hydrogen (secondary N) is 2. The van der Waals surface area contributed by atoms with Gasteiger partial charge >= 0.3 is 0 Å². The quantitative estimate of drug-likeness (QED) is 0.608. The van der Waals surface area contributed by atoms with E-state index in [0.29, 0.717) is 32.1 Å². The lowest BCUT2D eigenvalue weighted by Crippen LogP contribution is -2.45. The maximum absolute atomic E-state index is 12.7. The Morgan fingerprint density at radius 3 is 2.25 bits per heavy atom. The summed E-state index contributed by atoms with van der Waals surface area (Å²) >= 11 is 0. The standard InChI is InChI=1S/C24H39N3O4S/c1-5-6-19(4)32(29,30)26-22-9-7-20(8-10-22)24(28)25-21-11-13-23(14-12-21)27-15-17(2)31-18(3)16-27/h11-14,17-20,22,26H,5-10,15-16H2,1-4H3,(H,25,28)/t17-,18+,19?,20?,22?. The summed E-state index contributed by atoms with van der Waals surface area (Å²) in [4.78, 5) is 15.1. The summed E-state index contributed by atoms with van der Waals surface area (Å²) in [6.07, 6.45) is 4.70. The SMILES string of the molecule is CCCC(C)S(=O)(=O)NC1CCC(C(=O)Nc2ccc(N3C[C@@H](C)O[C@@H](C)C3)cc2)CC1. The van der Waals surface area contributed by atoms with Gasteiger partial charge in [-0.1, -0.05) is 13.3 Å². The summed E-state index contributed by atoms with van der Waals surface area (Å²) < 4.78 is 33.5. The van der Waals surface area contributed by atoms with Crippen LogP contribution < -0.4 is 14.9 Å². The van der Waals surface area contributed by atoms with E-state index in [4.69, 9.17) is 4.74 Å². The Labute approximate surface area is 193 Å². The van der Waals surface area contributed by atoms with Crippen LogP contribution in [0.15, 0.2) is 24.3 Å². The van der Waals surface area contributed by atoms with E-state index in [1.165, 1.54) is 0 Å². The monoisotopic (exact) mass is 465 g/mol. The highest BCUT2D eigenvalue weighted by atomic mass is 32.2. The first-order valence-corrected chi connectivity index (χ1v) is 13.5. The Morgan fingerprint density at radius 1 is 1.09 bits per heavy atom. The lowest BCUT2D eigenvalue weighted by atomic mass is 9.86. The molecule has 2 aliphatic rings. The number of hydrogen-bond acceptors (Lipinski definition) is 5. The van der Waals surface area contributed by atoms with Gasteiger partial charge in [-0.2, -0.15) is 0 Å². The number of amides is 1. The highest BCUT2D eigenvalue weighted by Gasteiger charge is 2.30. The molecule has 7 nitrogen and oxygen atoms in total. The number of ether oxygens (including phenoxy) is 1. The average Bonchev–Trinajstić information content (AvgIpc) is 2.74. The van der Waals surface area contributed by atoms with Crippen LogP contribution in [0, 0.1) is 5.92 Å². The van der Waals surface area contributed by atoms with Gasteiger partial charge in [-0.25, -0.2) is 13.1 Å². The zero-order valence-corrected chi connectivity index (χ0v) is 20.7. The van der Waals surface area contributed by atoms with Crippen LogP contribution in [-0.4, -0.2) is 50.9 Å². The second-order valence-corrected chi connectivity index (χ2v) is 11.6. The summed E-state index contributed by atoms with van der Waals surface area (Å²) in [5, 5.41) is 2.66. The van der Waals surface area contributed by atoms with Crippen molar-refractivity contribution in [2.24, 2.45) is 5.92 Å². The van der Waals surface area contributed by atoms with Crippen LogP contribution in [0.1, 0.15) is 66.2 Å². The minimum absolute atomic E-state index is 0.0204. The maximum atomic E-state index is 12.7. The van der Waals surface area contributed by atoms with Crippen molar-refractivity contribution in [1.29, 1.82) is 0 Å². The molecule has 1 amide bonds. The van der Waals surface area contributed by atoms with E-state index in [0.717, 1.165) is 30.9 Å². The van der Waals surface area contributed by atoms with E-state index in [2.05, 4.69) is 28.8 Å². The number of carbonyl (C=O) groups is 1. The molecule has 2 N–H and O–H groups in total. The van der Waals surface area contributed by atoms with E-state index in [9.17, 15) is 13.2 Å². The largest absolute Gasteiger partial charge is 0.372 e. The number of nitrogens with zero attached hydrogens (tertiary/aromatic N) is 1. The van der Waals surface area contributed by atoms with Crippen molar-refractivity contribution in [3.63, 3.8) is 0 Å². The summed E-state index contributed by atoms with van der Waals surface area (Å²) in [5.41, 5.74) is 1.93. The first kappa shape index (κ1) is 25.0. The fourth-order valence-electron chi connectivity index (χ4n) is 4.77. The molecule has 1 aromatic carbocycles. The molecule has 3 atom stereocenters. The lowest BCUT2D eigenvalue weighted by Gasteiger charge is -2.36. The van der Waals surface area contributed by atoms with Crippen LogP contribution in [0.2, 0.25) is 0 Å². The van der Waals surface area contributed by atoms with Crippen molar-refractivity contribution in [3.8, 4) is 0 Å². The zero-order valence-electron chi connectivity index (χ0n) is 19.8. The molecule has 1 saturated carbocycles. The van der Waals surface area contributed by atoms with Crippen LogP contribution in [0.5, 0.6) is 0 Å². The van der Waals surface area contributed by atoms with Crippen LogP contribution in [0.4, 0.5) is 11.4 Å². The van der Waals surface area contributed by atoms with Gasteiger partial charge in [0.25, 0.3) is 0 Å². The number of rotatable bonds is 8. The van der Waals surface area contributed by atoms with Gasteiger partial charge in [0.05, 0.1) is 17.5 Å². The van der Waals surface area contributed by atoms with Crippen LogP contribution in [-0.2, 0) is 19.6 Å². The van der Waals surface area contributed by atoms with E-state index < -0.39 is 10.0 Å². The molecule has 32 heavy (non-hydrogen) atoms. The first-order chi connectivity index (χ1) is 15.2. The van der Waals surface area contributed by atoms with Gasteiger partial charge in [0.2, 0.25) is 15.9 Å². The fraction of sp³-hybridized carbons (Fsp3) is 0.708. The number of hydrogen-bond donors (Lipinski definition) is 2. The van der Waals surface area contributed by atoms with Crippen LogP contribution in [0.3, 0.4) is 0 Å². The summed E-state index contributed by atoms with van der Waals surface area (Å²) in [6.45, 7) is 9.65. The molecule has 1 unspecified atom stereocenters. The highest BCUT2D eigenvalue weighted by Crippen LogP contribution is 2.27. The Balaban J connectivity index is 1.48. The molecule has 0 aromatic heterocycles. The number of benzene rings is 1. The van der Waals surface area contributed by atoms with Crippen molar-refractivity contribution in [2.75, 3.05) is 23.3 Å². The molecular formula is C24H39N3O4S. The Bertz CT molecular complexity index is 841. The summed E-state index contributed by atoms with van der Waals surface area (Å²) in [6, 6.07) is 7.92. The fourth-order valence-corrected chi connectivity index (χ4v) is 6.25. The molecular weight excluding hydrogens is 426 g/mol. The molecule has 1 heterocycles. The molecule has 0 spiro atoms. The van der Waals surface area contributed by atoms with Gasteiger partial charge in [-0.05, 0) is 77.1 Å². The van der Waals surface area contributed by atoms with Gasteiger partial charge in [0, 0.05) is 36.4 Å². The molecule has 180 valence electrons. The van der Waals surface area contributed by atoms with Crippen molar-refractivity contribution in [3.05, 3.63) is 24.3 Å². The van der Waals surface area contributed by atoms with Gasteiger partial charge in [-0.3, -0.25) is 4.79 Å². The second kappa shape index (κ2) is 11.0. The summed E-state index contributed by atoms with van der Waals surface area (Å²) in [7, 11) is -3.29. The topological polar surface area (TPSA) is 87.7 Å². The third kappa shape index (κ3) is 6.68. The van der Waals surface area contributed by atoms with Crippen molar-refractivity contribution >= 4 is 27.3 Å². The van der Waals surface area contributed by atoms with E-state index in [1.54, 1.807) is 6.92 Å². The predicted octanol–water partition coefficient (Wildman–Crippen LogP) is 3.91. The predicted molar refractivity (Wildman–Crippen MR) is 129 cm³/mol. The first-order valence-electron chi connectivity index (χ1n) is 12.0. The van der Waals surface area contributed by atoms with Gasteiger partial charge in [-0.15, -0.1) is 0 Å². The Morgan fingerprint density at radius 2 is 1.69 bits per heavy atom. The zero-order chi connectivity index (χ0) is 23.3. The number of anilines is 2. The minimum Gasteiger partial charge on any atom is -0.372 e. The van der Waals surface area contributed by atoms with Crippen LogP contribution >= 0.6 is 0 Å². The average molecular weight is 466 g/mol. The van der Waals surface area contributed by atoms with Crippen molar-refractivity contribution < 1.29 is 17.9 Å². The summed E-state index contributed by atoms with van der Waals surface area (Å²) in [5.74, 6) is -0.0588. The van der Waals surface area contributed by atoms with Gasteiger partial charge < -0.3 is 15.0 Å². The minimum atomic E-state index is -3.29. The van der Waals surface area contributed by atoms with Crippen molar-refractivity contribution in [2.45, 2.75) is 89.7 Å². The number of carbonyl (C=O) groups excluding carboxylic acids is 1. The third-order valence-corrected chi connectivity index (χ3v) is 8.53. The van der Waals surface area contributed by atoms with Crippen molar-refractivity contribution in [1.82, 2.24) is 4.72 Å². The molecule has 8 heteroatoms. The number of morpholine rings is 1. The molecule has 0 bridgehead atoms. The Kier molecular flexibility index (Phi) is 8.58. The molecule has 1 aromatic rings. The molecule has 1 aliphatic heterocycles. The Hall–Kier alpha value is -1.64. The molecule has 2 fully saturated rings. The molecule has 0 radical (unpaired) electrons. The normalized spacial score (nSPS) is 27.7. The van der Waals surface area contributed by atoms with Gasteiger partial charge in [0.15, 0.2) is 0 Å². The van der Waals surface area contributed by atoms with E-state index >= 15 is 0 Å². The van der Waals surface area contributed by atoms with E-state index in [1.807, 2.05) is 31.2 Å². The molecule has 1 aliphatic carbocycles. The number of sulfonamides is 1. The molecule has 3 rings (SSSR count). The molecule has 1 saturated heterocycles. The van der Waals surface area contributed by atoms with E-state index in [-0.39, 0.29) is 35.3 Å². The maximum Gasteiger partial charge on any atom is 0.227 e.